The number of aliphatic imine (C=N–C) groups is 1. The zero-order chi connectivity index (χ0) is 25.4. The predicted octanol–water partition coefficient (Wildman–Crippen LogP) is 6.05. The van der Waals surface area contributed by atoms with Gasteiger partial charge in [0.1, 0.15) is 22.9 Å². The number of benzene rings is 2. The minimum atomic E-state index is -0.588. The number of amidine groups is 1. The number of halogens is 1. The van der Waals surface area contributed by atoms with Crippen LogP contribution in [0.15, 0.2) is 53.5 Å². The number of piperidine rings is 1. The molecule has 4 aliphatic rings. The zero-order valence-corrected chi connectivity index (χ0v) is 21.7. The number of nitrogens with one attached hydrogen (secondary N) is 1. The first-order valence-electron chi connectivity index (χ1n) is 14.0. The van der Waals surface area contributed by atoms with Gasteiger partial charge in [-0.1, -0.05) is 37.5 Å². The molecule has 0 aromatic heterocycles. The molecule has 0 radical (unpaired) electrons. The lowest BCUT2D eigenvalue weighted by Crippen LogP contribution is -2.63. The van der Waals surface area contributed by atoms with E-state index in [0.29, 0.717) is 17.8 Å². The number of nitrogens with zero attached hydrogens (tertiary/aromatic N) is 3. The van der Waals surface area contributed by atoms with Gasteiger partial charge in [-0.05, 0) is 81.3 Å². The molecule has 2 saturated carbocycles. The summed E-state index contributed by atoms with van der Waals surface area (Å²) in [6, 6.07) is 15.1. The van der Waals surface area contributed by atoms with Crippen LogP contribution >= 0.6 is 0 Å². The minimum Gasteiger partial charge on any atom is -0.490 e. The molecule has 0 bridgehead atoms. The van der Waals surface area contributed by atoms with Crippen LogP contribution in [0.1, 0.15) is 70.3 Å². The maximum atomic E-state index is 14.3. The Kier molecular flexibility index (Phi) is 6.65. The van der Waals surface area contributed by atoms with Crippen LogP contribution in [0.2, 0.25) is 0 Å². The average molecular weight is 505 g/mol. The number of rotatable bonds is 6. The maximum Gasteiger partial charge on any atom is 0.350 e. The van der Waals surface area contributed by atoms with Crippen LogP contribution in [-0.4, -0.2) is 47.0 Å². The van der Waals surface area contributed by atoms with Crippen molar-refractivity contribution in [1.29, 1.82) is 0 Å². The van der Waals surface area contributed by atoms with Gasteiger partial charge in [-0.3, -0.25) is 9.80 Å². The van der Waals surface area contributed by atoms with Crippen LogP contribution < -0.4 is 15.0 Å². The molecule has 6 rings (SSSR count). The minimum absolute atomic E-state index is 0.210. The van der Waals surface area contributed by atoms with E-state index in [9.17, 15) is 9.18 Å². The Labute approximate surface area is 218 Å². The highest BCUT2D eigenvalue weighted by Crippen LogP contribution is 2.41. The van der Waals surface area contributed by atoms with Gasteiger partial charge in [-0.25, -0.2) is 9.18 Å². The molecule has 1 saturated heterocycles. The zero-order valence-electron chi connectivity index (χ0n) is 21.7. The highest BCUT2D eigenvalue weighted by molar-refractivity contribution is 6.16. The standard InChI is InChI=1S/C30H37FN4O2/c1-21-19-30(15-16-34(21)20-22-7-5-12-27(17-22)37-26-13-14-26)28(32-24-9-3-2-4-10-24)33-29(36)35(30)25-11-6-8-23(31)18-25/h5-8,11-12,17-18,21,24,26H,2-4,9-10,13-16,19-20H2,1H3,(H,32,33,36). The molecule has 2 aromatic rings. The topological polar surface area (TPSA) is 57.2 Å². The number of ether oxygens (including phenoxy) is 1. The number of hydrogen-bond acceptors (Lipinski definition) is 4. The average Bonchev–Trinajstić information content (AvgIpc) is 3.66. The van der Waals surface area contributed by atoms with Gasteiger partial charge in [-0.15, -0.1) is 0 Å². The van der Waals surface area contributed by atoms with Crippen molar-refractivity contribution in [3.05, 3.63) is 59.9 Å². The van der Waals surface area contributed by atoms with Crippen molar-refractivity contribution in [3.8, 4) is 5.75 Å². The maximum absolute atomic E-state index is 14.3. The van der Waals surface area contributed by atoms with Gasteiger partial charge >= 0.3 is 6.03 Å². The molecule has 6 nitrogen and oxygen atoms in total. The molecule has 2 aromatic carbocycles. The summed E-state index contributed by atoms with van der Waals surface area (Å²) in [5.74, 6) is 1.39. The van der Waals surface area contributed by atoms with Gasteiger partial charge in [0.15, 0.2) is 0 Å². The van der Waals surface area contributed by atoms with Gasteiger partial charge in [0.2, 0.25) is 0 Å². The Balaban J connectivity index is 1.24. The number of carbonyl (C=O) groups is 1. The van der Waals surface area contributed by atoms with Crippen LogP contribution in [0.25, 0.3) is 0 Å². The number of amides is 2. The first-order valence-corrected chi connectivity index (χ1v) is 14.0. The Hall–Kier alpha value is -2.93. The van der Waals surface area contributed by atoms with Gasteiger partial charge in [0, 0.05) is 30.9 Å². The molecule has 2 aliphatic carbocycles. The largest absolute Gasteiger partial charge is 0.490 e. The van der Waals surface area contributed by atoms with Crippen molar-refractivity contribution in [1.82, 2.24) is 10.2 Å². The number of hydrogen-bond donors (Lipinski definition) is 1. The normalized spacial score (nSPS) is 27.0. The van der Waals surface area contributed by atoms with Crippen molar-refractivity contribution < 1.29 is 13.9 Å². The number of carbonyl (C=O) groups excluding carboxylic acids is 1. The summed E-state index contributed by atoms with van der Waals surface area (Å²) in [5.41, 5.74) is 1.23. The van der Waals surface area contributed by atoms with Crippen LogP contribution in [0, 0.1) is 5.82 Å². The second-order valence-corrected chi connectivity index (χ2v) is 11.3. The highest BCUT2D eigenvalue weighted by Gasteiger charge is 2.53. The Morgan fingerprint density at radius 1 is 1.08 bits per heavy atom. The summed E-state index contributed by atoms with van der Waals surface area (Å²) in [6.45, 7) is 3.88. The van der Waals surface area contributed by atoms with Gasteiger partial charge in [0.05, 0.1) is 6.10 Å². The summed E-state index contributed by atoms with van der Waals surface area (Å²) >= 11 is 0. The molecule has 1 N–H and O–H groups in total. The van der Waals surface area contributed by atoms with E-state index >= 15 is 0 Å². The van der Waals surface area contributed by atoms with E-state index in [2.05, 4.69) is 40.3 Å². The fraction of sp³-hybridized carbons (Fsp3) is 0.533. The lowest BCUT2D eigenvalue weighted by atomic mass is 9.80. The lowest BCUT2D eigenvalue weighted by molar-refractivity contribution is 0.122. The van der Waals surface area contributed by atoms with Crippen molar-refractivity contribution in [2.24, 2.45) is 4.99 Å². The quantitative estimate of drug-likeness (QED) is 0.520. The molecule has 3 fully saturated rings. The third kappa shape index (κ3) is 5.11. The summed E-state index contributed by atoms with van der Waals surface area (Å²) in [4.78, 5) is 22.2. The number of anilines is 1. The van der Waals surface area contributed by atoms with Crippen LogP contribution in [0.4, 0.5) is 14.9 Å². The van der Waals surface area contributed by atoms with E-state index in [4.69, 9.17) is 4.74 Å². The molecule has 37 heavy (non-hydrogen) atoms. The summed E-state index contributed by atoms with van der Waals surface area (Å²) in [6.07, 6.45) is 10.0. The van der Waals surface area contributed by atoms with E-state index in [1.807, 2.05) is 12.1 Å². The van der Waals surface area contributed by atoms with Crippen LogP contribution in [-0.2, 0) is 6.54 Å². The monoisotopic (exact) mass is 504 g/mol. The first kappa shape index (κ1) is 24.4. The molecule has 196 valence electrons. The summed E-state index contributed by atoms with van der Waals surface area (Å²) in [5, 5.41) is 3.70. The lowest BCUT2D eigenvalue weighted by Gasteiger charge is -2.48. The van der Waals surface area contributed by atoms with Crippen LogP contribution in [0.5, 0.6) is 5.75 Å². The molecule has 2 atom stereocenters. The Morgan fingerprint density at radius 3 is 2.65 bits per heavy atom. The molecule has 2 heterocycles. The molecule has 2 amide bonds. The molecule has 2 aliphatic heterocycles. The summed E-state index contributed by atoms with van der Waals surface area (Å²) in [7, 11) is 0. The van der Waals surface area contributed by atoms with E-state index < -0.39 is 5.54 Å². The molecule has 7 heteroatoms. The van der Waals surface area contributed by atoms with E-state index in [1.165, 1.54) is 37.0 Å². The SMILES string of the molecule is CC1CC2(CCN1Cc1cccc(OC3CC3)c1)C(NC1CCCCC1)=NC(=O)N2c1cccc(F)c1. The fourth-order valence-electron chi connectivity index (χ4n) is 6.37. The van der Waals surface area contributed by atoms with Crippen LogP contribution in [0.3, 0.4) is 0 Å². The third-order valence-electron chi connectivity index (χ3n) is 8.46. The first-order chi connectivity index (χ1) is 18.0. The summed E-state index contributed by atoms with van der Waals surface area (Å²) < 4.78 is 20.3. The Morgan fingerprint density at radius 2 is 1.89 bits per heavy atom. The highest BCUT2D eigenvalue weighted by atomic mass is 19.1. The van der Waals surface area contributed by atoms with Crippen molar-refractivity contribution in [2.45, 2.75) is 95.0 Å². The van der Waals surface area contributed by atoms with Crippen molar-refractivity contribution >= 4 is 17.6 Å². The predicted molar refractivity (Wildman–Crippen MR) is 144 cm³/mol. The fourth-order valence-corrected chi connectivity index (χ4v) is 6.37. The van der Waals surface area contributed by atoms with E-state index in [-0.39, 0.29) is 17.9 Å². The van der Waals surface area contributed by atoms with Crippen molar-refractivity contribution in [2.75, 3.05) is 11.4 Å². The second-order valence-electron chi connectivity index (χ2n) is 11.3. The third-order valence-corrected chi connectivity index (χ3v) is 8.46. The van der Waals surface area contributed by atoms with Gasteiger partial charge in [0.25, 0.3) is 0 Å². The second kappa shape index (κ2) is 10.1. The molecule has 2 unspecified atom stereocenters. The van der Waals surface area contributed by atoms with Crippen molar-refractivity contribution in [3.63, 3.8) is 0 Å². The van der Waals surface area contributed by atoms with Gasteiger partial charge in [-0.2, -0.15) is 4.99 Å². The molecule has 1 spiro atoms. The van der Waals surface area contributed by atoms with E-state index in [1.54, 1.807) is 11.0 Å². The Bertz CT molecular complexity index is 1180. The van der Waals surface area contributed by atoms with Gasteiger partial charge < -0.3 is 10.1 Å². The molecular weight excluding hydrogens is 467 g/mol. The smallest absolute Gasteiger partial charge is 0.350 e. The number of urea groups is 1. The van der Waals surface area contributed by atoms with E-state index in [0.717, 1.165) is 63.2 Å². The number of likely N-dealkylation sites (tertiary alicyclic amines) is 1. The molecular formula is C30H37FN4O2.